The van der Waals surface area contributed by atoms with E-state index < -0.39 is 0 Å². The van der Waals surface area contributed by atoms with Gasteiger partial charge < -0.3 is 15.1 Å². The lowest BCUT2D eigenvalue weighted by molar-refractivity contribution is -0.139. The second-order valence-electron chi connectivity index (χ2n) is 11.2. The molecule has 0 spiro atoms. The lowest BCUT2D eigenvalue weighted by Gasteiger charge is -2.50. The van der Waals surface area contributed by atoms with Crippen LogP contribution in [0.15, 0.2) is 48.8 Å². The van der Waals surface area contributed by atoms with Crippen LogP contribution in [0.4, 0.5) is 0 Å². The molecule has 1 aromatic carbocycles. The number of nitrogens with one attached hydrogen (secondary N) is 1. The van der Waals surface area contributed by atoms with Crippen molar-refractivity contribution < 1.29 is 9.59 Å². The first-order valence-corrected chi connectivity index (χ1v) is 14.5. The average Bonchev–Trinajstić information content (AvgIpc) is 3.40. The number of benzene rings is 1. The average molecular weight is 538 g/mol. The maximum absolute atomic E-state index is 13.8. The van der Waals surface area contributed by atoms with E-state index in [1.54, 1.807) is 6.92 Å². The Morgan fingerprint density at radius 1 is 0.947 bits per heavy atom. The molecule has 2 saturated heterocycles. The summed E-state index contributed by atoms with van der Waals surface area (Å²) >= 11 is 6.12. The fourth-order valence-corrected chi connectivity index (χ4v) is 6.88. The van der Waals surface area contributed by atoms with Crippen molar-refractivity contribution in [1.82, 2.24) is 25.0 Å². The van der Waals surface area contributed by atoms with Gasteiger partial charge in [-0.1, -0.05) is 43.0 Å². The Balaban J connectivity index is 1.23. The van der Waals surface area contributed by atoms with Gasteiger partial charge >= 0.3 is 0 Å². The molecule has 1 N–H and O–H groups in total. The third-order valence-electron chi connectivity index (χ3n) is 8.96. The number of piperazine rings is 1. The van der Waals surface area contributed by atoms with Crippen LogP contribution >= 0.6 is 11.6 Å². The molecule has 1 aromatic heterocycles. The number of hydrogen-bond donors (Lipinski definition) is 1. The van der Waals surface area contributed by atoms with Crippen LogP contribution in [0.1, 0.15) is 56.1 Å². The molecule has 8 heteroatoms. The number of hydrogen-bond acceptors (Lipinski definition) is 5. The van der Waals surface area contributed by atoms with E-state index in [1.165, 1.54) is 37.7 Å². The highest BCUT2D eigenvalue weighted by Gasteiger charge is 2.44. The molecule has 5 rings (SSSR count). The number of likely N-dealkylation sites (tertiary alicyclic amines) is 1. The summed E-state index contributed by atoms with van der Waals surface area (Å²) < 4.78 is 0. The SMILES string of the molecule is CC(=O)N1C[C@H](C(=O)N2CCN(C3(CNCc4ccncc4)CCCCC3)CC2)[C@@H](c2ccc(Cl)cc2)C1. The summed E-state index contributed by atoms with van der Waals surface area (Å²) in [7, 11) is 0. The molecule has 2 aliphatic heterocycles. The Kier molecular flexibility index (Phi) is 8.66. The third-order valence-corrected chi connectivity index (χ3v) is 9.21. The predicted molar refractivity (Wildman–Crippen MR) is 150 cm³/mol. The van der Waals surface area contributed by atoms with E-state index in [0.29, 0.717) is 18.1 Å². The largest absolute Gasteiger partial charge is 0.341 e. The number of carbonyl (C=O) groups is 2. The summed E-state index contributed by atoms with van der Waals surface area (Å²) in [5, 5.41) is 4.42. The van der Waals surface area contributed by atoms with Gasteiger partial charge in [-0.15, -0.1) is 0 Å². The normalized spacial score (nSPS) is 23.9. The van der Waals surface area contributed by atoms with Gasteiger partial charge in [0.25, 0.3) is 0 Å². The number of amides is 2. The number of halogens is 1. The zero-order chi connectivity index (χ0) is 26.5. The van der Waals surface area contributed by atoms with Gasteiger partial charge in [0.1, 0.15) is 0 Å². The summed E-state index contributed by atoms with van der Waals surface area (Å²) in [4.78, 5) is 36.7. The van der Waals surface area contributed by atoms with E-state index in [-0.39, 0.29) is 29.2 Å². The molecule has 7 nitrogen and oxygen atoms in total. The standard InChI is InChI=1S/C30H40ClN5O2/c1-23(37)35-20-27(25-5-7-26(31)8-6-25)28(21-35)29(38)34-15-17-36(18-16-34)30(11-3-2-4-12-30)22-33-19-24-9-13-32-14-10-24/h5-10,13-14,27-28,33H,2-4,11-12,15-22H2,1H3/t27-,28+/m1/s1. The molecular formula is C30H40ClN5O2. The summed E-state index contributed by atoms with van der Waals surface area (Å²) in [5.74, 6) is 0.00510. The minimum atomic E-state index is -0.211. The van der Waals surface area contributed by atoms with Gasteiger partial charge in [-0.05, 0) is 48.2 Å². The fraction of sp³-hybridized carbons (Fsp3) is 0.567. The van der Waals surface area contributed by atoms with E-state index >= 15 is 0 Å². The highest BCUT2D eigenvalue weighted by atomic mass is 35.5. The minimum absolute atomic E-state index is 0.00349. The van der Waals surface area contributed by atoms with Gasteiger partial charge in [-0.25, -0.2) is 0 Å². The molecule has 0 unspecified atom stereocenters. The first-order chi connectivity index (χ1) is 18.4. The molecule has 3 heterocycles. The van der Waals surface area contributed by atoms with Crippen LogP contribution < -0.4 is 5.32 Å². The first kappa shape index (κ1) is 27.1. The predicted octanol–water partition coefficient (Wildman–Crippen LogP) is 3.93. The minimum Gasteiger partial charge on any atom is -0.341 e. The fourth-order valence-electron chi connectivity index (χ4n) is 6.75. The van der Waals surface area contributed by atoms with Crippen LogP contribution in [0.3, 0.4) is 0 Å². The molecule has 204 valence electrons. The first-order valence-electron chi connectivity index (χ1n) is 14.1. The van der Waals surface area contributed by atoms with Gasteiger partial charge in [0.15, 0.2) is 0 Å². The van der Waals surface area contributed by atoms with Gasteiger partial charge in [0.05, 0.1) is 5.92 Å². The Morgan fingerprint density at radius 2 is 1.63 bits per heavy atom. The summed E-state index contributed by atoms with van der Waals surface area (Å²) in [5.41, 5.74) is 2.50. The third kappa shape index (κ3) is 6.05. The number of pyridine rings is 1. The number of rotatable bonds is 7. The Morgan fingerprint density at radius 3 is 2.29 bits per heavy atom. The molecule has 2 amide bonds. The number of nitrogens with zero attached hydrogens (tertiary/aromatic N) is 4. The van der Waals surface area contributed by atoms with Gasteiger partial charge in [0.2, 0.25) is 11.8 Å². The van der Waals surface area contributed by atoms with E-state index in [0.717, 1.165) is 44.8 Å². The van der Waals surface area contributed by atoms with Crippen molar-refractivity contribution in [1.29, 1.82) is 0 Å². The van der Waals surface area contributed by atoms with Crippen molar-refractivity contribution in [3.05, 3.63) is 64.9 Å². The van der Waals surface area contributed by atoms with E-state index in [4.69, 9.17) is 11.6 Å². The molecule has 3 fully saturated rings. The van der Waals surface area contributed by atoms with Gasteiger partial charge in [0, 0.05) is 88.2 Å². The quantitative estimate of drug-likeness (QED) is 0.579. The van der Waals surface area contributed by atoms with Crippen molar-refractivity contribution in [2.24, 2.45) is 5.92 Å². The molecule has 0 radical (unpaired) electrons. The summed E-state index contributed by atoms with van der Waals surface area (Å²) in [6.07, 6.45) is 9.95. The Hall–Kier alpha value is -2.48. The lowest BCUT2D eigenvalue weighted by atomic mass is 9.79. The van der Waals surface area contributed by atoms with Crippen molar-refractivity contribution in [2.75, 3.05) is 45.8 Å². The summed E-state index contributed by atoms with van der Waals surface area (Å²) in [6.45, 7) is 7.78. The van der Waals surface area contributed by atoms with E-state index in [2.05, 4.69) is 32.2 Å². The van der Waals surface area contributed by atoms with Crippen LogP contribution in [0, 0.1) is 5.92 Å². The molecule has 38 heavy (non-hydrogen) atoms. The van der Waals surface area contributed by atoms with E-state index in [1.807, 2.05) is 41.6 Å². The van der Waals surface area contributed by atoms with Crippen LogP contribution in [0.5, 0.6) is 0 Å². The number of carbonyl (C=O) groups excluding carboxylic acids is 2. The van der Waals surface area contributed by atoms with Crippen molar-refractivity contribution in [3.63, 3.8) is 0 Å². The smallest absolute Gasteiger partial charge is 0.228 e. The Bertz CT molecular complexity index is 1080. The zero-order valence-corrected chi connectivity index (χ0v) is 23.2. The highest BCUT2D eigenvalue weighted by Crippen LogP contribution is 2.37. The van der Waals surface area contributed by atoms with E-state index in [9.17, 15) is 9.59 Å². The lowest BCUT2D eigenvalue weighted by Crippen LogP contribution is -2.62. The summed E-state index contributed by atoms with van der Waals surface area (Å²) in [6, 6.07) is 11.9. The number of aromatic nitrogens is 1. The molecule has 1 aliphatic carbocycles. The van der Waals surface area contributed by atoms with Crippen molar-refractivity contribution >= 4 is 23.4 Å². The van der Waals surface area contributed by atoms with Crippen LogP contribution in [0.25, 0.3) is 0 Å². The van der Waals surface area contributed by atoms with Crippen LogP contribution in [-0.2, 0) is 16.1 Å². The molecule has 0 bridgehead atoms. The van der Waals surface area contributed by atoms with Crippen molar-refractivity contribution in [2.45, 2.75) is 57.0 Å². The molecular weight excluding hydrogens is 498 g/mol. The molecule has 1 saturated carbocycles. The molecule has 3 aliphatic rings. The molecule has 2 aromatic rings. The topological polar surface area (TPSA) is 68.8 Å². The molecule has 2 atom stereocenters. The zero-order valence-electron chi connectivity index (χ0n) is 22.4. The van der Waals surface area contributed by atoms with Crippen molar-refractivity contribution in [3.8, 4) is 0 Å². The maximum atomic E-state index is 13.8. The second-order valence-corrected chi connectivity index (χ2v) is 11.7. The van der Waals surface area contributed by atoms with Crippen LogP contribution in [0.2, 0.25) is 5.02 Å². The maximum Gasteiger partial charge on any atom is 0.228 e. The Labute approximate surface area is 231 Å². The monoisotopic (exact) mass is 537 g/mol. The van der Waals surface area contributed by atoms with Gasteiger partial charge in [-0.3, -0.25) is 19.5 Å². The highest BCUT2D eigenvalue weighted by molar-refractivity contribution is 6.30. The van der Waals surface area contributed by atoms with Crippen LogP contribution in [-0.4, -0.2) is 82.9 Å². The second kappa shape index (κ2) is 12.1. The van der Waals surface area contributed by atoms with Gasteiger partial charge in [-0.2, -0.15) is 0 Å².